The Balaban J connectivity index is 0.00000121. The Labute approximate surface area is 297 Å². The summed E-state index contributed by atoms with van der Waals surface area (Å²) in [4.78, 5) is 67.1. The van der Waals surface area contributed by atoms with Crippen LogP contribution in [-0.4, -0.2) is 90.3 Å². The summed E-state index contributed by atoms with van der Waals surface area (Å²) < 4.78 is 31.7. The van der Waals surface area contributed by atoms with Crippen molar-refractivity contribution in [2.45, 2.75) is 43.9 Å². The molecule has 0 aliphatic heterocycles. The summed E-state index contributed by atoms with van der Waals surface area (Å²) in [6.07, 6.45) is -4.42. The van der Waals surface area contributed by atoms with Gasteiger partial charge in [-0.05, 0) is 41.2 Å². The molecule has 4 amide bonds. The highest BCUT2D eigenvalue weighted by Gasteiger charge is 2.38. The van der Waals surface area contributed by atoms with Crippen LogP contribution in [-0.2, 0) is 36.8 Å². The third-order valence-electron chi connectivity index (χ3n) is 7.54. The number of amidine groups is 1. The average molecular weight is 730 g/mol. The number of alkyl halides is 3. The predicted octanol–water partition coefficient (Wildman–Crippen LogP) is 0.755. The number of hydrogen-bond donors (Lipinski definition) is 8. The van der Waals surface area contributed by atoms with Gasteiger partial charge in [0.05, 0.1) is 0 Å². The van der Waals surface area contributed by atoms with Gasteiger partial charge < -0.3 is 43.6 Å². The number of aliphatic imine (C=N–C) groups is 1. The molecule has 0 fully saturated rings. The molecular weight excluding hydrogens is 687 g/mol. The van der Waals surface area contributed by atoms with Crippen LogP contribution in [0, 0.1) is 11.3 Å². The number of halogens is 3. The van der Waals surface area contributed by atoms with Crippen LogP contribution in [0.4, 0.5) is 13.2 Å². The molecule has 280 valence electrons. The minimum atomic E-state index is -5.08. The lowest BCUT2D eigenvalue weighted by Gasteiger charge is -2.26. The number of nitrogens with one attached hydrogen (secondary N) is 3. The maximum Gasteiger partial charge on any atom is 0.490 e. The summed E-state index contributed by atoms with van der Waals surface area (Å²) in [6, 6.07) is 17.8. The quantitative estimate of drug-likeness (QED) is 0.0474. The van der Waals surface area contributed by atoms with Gasteiger partial charge in [0.25, 0.3) is 0 Å². The molecule has 0 saturated heterocycles. The topological polar surface area (TPSA) is 273 Å². The molecule has 0 spiro atoms. The zero-order valence-electron chi connectivity index (χ0n) is 28.4. The van der Waals surface area contributed by atoms with E-state index in [1.54, 1.807) is 38.4 Å². The molecule has 0 aliphatic carbocycles. The fourth-order valence-corrected chi connectivity index (χ4v) is 4.89. The monoisotopic (exact) mass is 729 g/mol. The third kappa shape index (κ3) is 13.3. The van der Waals surface area contributed by atoms with E-state index >= 15 is 0 Å². The first-order valence-electron chi connectivity index (χ1n) is 15.7. The second-order valence-electron chi connectivity index (χ2n) is 11.7. The van der Waals surface area contributed by atoms with E-state index in [1.807, 2.05) is 42.5 Å². The summed E-state index contributed by atoms with van der Waals surface area (Å²) in [5.41, 5.74) is 23.8. The number of hydrogen-bond acceptors (Lipinski definition) is 7. The second kappa shape index (κ2) is 19.3. The van der Waals surface area contributed by atoms with Gasteiger partial charge in [-0.3, -0.25) is 29.6 Å². The lowest BCUT2D eigenvalue weighted by atomic mass is 9.94. The van der Waals surface area contributed by atoms with Crippen LogP contribution < -0.4 is 33.6 Å². The number of carbonyl (C=O) groups excluding carboxylic acids is 4. The molecule has 1 unspecified atom stereocenters. The molecule has 0 bridgehead atoms. The summed E-state index contributed by atoms with van der Waals surface area (Å²) in [6.45, 7) is 0.236. The van der Waals surface area contributed by atoms with Gasteiger partial charge in [-0.2, -0.15) is 13.2 Å². The fourth-order valence-electron chi connectivity index (χ4n) is 4.89. The number of guanidine groups is 1. The van der Waals surface area contributed by atoms with Crippen LogP contribution in [0.3, 0.4) is 0 Å². The number of carboxylic acids is 1. The van der Waals surface area contributed by atoms with E-state index in [0.717, 1.165) is 16.3 Å². The molecule has 0 aromatic heterocycles. The van der Waals surface area contributed by atoms with Crippen LogP contribution in [0.25, 0.3) is 10.8 Å². The Morgan fingerprint density at radius 1 is 0.846 bits per heavy atom. The van der Waals surface area contributed by atoms with Crippen LogP contribution in [0.2, 0.25) is 0 Å². The Morgan fingerprint density at radius 2 is 1.42 bits per heavy atom. The molecule has 0 radical (unpaired) electrons. The van der Waals surface area contributed by atoms with Crippen LogP contribution >= 0.6 is 0 Å². The minimum Gasteiger partial charge on any atom is -0.475 e. The van der Waals surface area contributed by atoms with Gasteiger partial charge in [0.1, 0.15) is 23.8 Å². The highest BCUT2D eigenvalue weighted by atomic mass is 19.4. The van der Waals surface area contributed by atoms with Gasteiger partial charge in [-0.1, -0.05) is 66.7 Å². The Morgan fingerprint density at radius 3 is 1.96 bits per heavy atom. The first-order valence-corrected chi connectivity index (χ1v) is 15.7. The van der Waals surface area contributed by atoms with E-state index < -0.39 is 53.8 Å². The first kappa shape index (κ1) is 42.0. The van der Waals surface area contributed by atoms with E-state index in [4.69, 9.17) is 38.2 Å². The zero-order valence-corrected chi connectivity index (χ0v) is 28.4. The van der Waals surface area contributed by atoms with Crippen molar-refractivity contribution in [3.63, 3.8) is 0 Å². The van der Waals surface area contributed by atoms with Crippen molar-refractivity contribution in [1.82, 2.24) is 15.5 Å². The lowest BCUT2D eigenvalue weighted by Crippen LogP contribution is -2.55. The molecule has 0 saturated carbocycles. The van der Waals surface area contributed by atoms with Crippen molar-refractivity contribution in [2.75, 3.05) is 20.6 Å². The molecule has 3 aromatic rings. The molecule has 15 nitrogen and oxygen atoms in total. The summed E-state index contributed by atoms with van der Waals surface area (Å²) >= 11 is 0. The van der Waals surface area contributed by atoms with E-state index in [-0.39, 0.29) is 37.6 Å². The number of carbonyl (C=O) groups is 5. The van der Waals surface area contributed by atoms with Crippen molar-refractivity contribution in [3.8, 4) is 0 Å². The molecule has 52 heavy (non-hydrogen) atoms. The number of nitrogens with two attached hydrogens (primary N) is 4. The fraction of sp³-hybridized carbons (Fsp3) is 0.324. The number of fused-ring (bicyclic) bond motifs is 1. The van der Waals surface area contributed by atoms with Crippen LogP contribution in [0.5, 0.6) is 0 Å². The largest absolute Gasteiger partial charge is 0.490 e. The number of nitrogen functional groups attached to an aromatic ring is 1. The molecule has 0 aliphatic rings. The van der Waals surface area contributed by atoms with Gasteiger partial charge >= 0.3 is 12.1 Å². The summed E-state index contributed by atoms with van der Waals surface area (Å²) in [5, 5.41) is 22.0. The van der Waals surface area contributed by atoms with Crippen molar-refractivity contribution in [1.29, 1.82) is 5.41 Å². The highest BCUT2D eigenvalue weighted by molar-refractivity contribution is 6.02. The molecule has 3 atom stereocenters. The Bertz CT molecular complexity index is 1770. The van der Waals surface area contributed by atoms with Crippen molar-refractivity contribution in [3.05, 3.63) is 83.4 Å². The Kier molecular flexibility index (Phi) is 15.5. The second-order valence-corrected chi connectivity index (χ2v) is 11.7. The number of carboxylic acid groups (broad SMARTS) is 1. The Hall–Kier alpha value is -6.20. The molecule has 3 aromatic carbocycles. The molecule has 12 N–H and O–H groups in total. The number of primary amides is 1. The van der Waals surface area contributed by atoms with E-state index in [0.29, 0.717) is 17.5 Å². The number of aliphatic carboxylic acids is 1. The molecule has 18 heteroatoms. The van der Waals surface area contributed by atoms with Crippen molar-refractivity contribution >= 4 is 52.2 Å². The first-order chi connectivity index (χ1) is 24.3. The van der Waals surface area contributed by atoms with Crippen LogP contribution in [0.1, 0.15) is 29.5 Å². The number of amides is 4. The summed E-state index contributed by atoms with van der Waals surface area (Å²) in [5.74, 6) is -6.63. The van der Waals surface area contributed by atoms with Gasteiger partial charge in [-0.15, -0.1) is 0 Å². The predicted molar refractivity (Wildman–Crippen MR) is 188 cm³/mol. The SMILES string of the molecule is CN(C)C(=O)C(Cc1ccc(C(=N)N)cc1)C(=O)N[C@@H](Cc1cccc2ccccc12)C(=O)N[C@@H](CCCN=C(N)N)C(N)=O.O=C(O)C(F)(F)F. The molecular formula is C34H42F3N9O6. The smallest absolute Gasteiger partial charge is 0.475 e. The maximum atomic E-state index is 13.8. The summed E-state index contributed by atoms with van der Waals surface area (Å²) in [7, 11) is 3.09. The van der Waals surface area contributed by atoms with Crippen molar-refractivity contribution in [2.24, 2.45) is 33.8 Å². The number of nitrogens with zero attached hydrogens (tertiary/aromatic N) is 2. The number of benzene rings is 3. The van der Waals surface area contributed by atoms with Crippen molar-refractivity contribution < 1.29 is 42.3 Å². The van der Waals surface area contributed by atoms with E-state index in [2.05, 4.69) is 15.6 Å². The maximum absolute atomic E-state index is 13.8. The highest BCUT2D eigenvalue weighted by Crippen LogP contribution is 2.21. The van der Waals surface area contributed by atoms with Gasteiger partial charge in [-0.25, -0.2) is 4.79 Å². The third-order valence-corrected chi connectivity index (χ3v) is 7.54. The lowest BCUT2D eigenvalue weighted by molar-refractivity contribution is -0.192. The van der Waals surface area contributed by atoms with Gasteiger partial charge in [0.15, 0.2) is 5.96 Å². The van der Waals surface area contributed by atoms with Gasteiger partial charge in [0.2, 0.25) is 23.6 Å². The van der Waals surface area contributed by atoms with Gasteiger partial charge in [0, 0.05) is 32.6 Å². The average Bonchev–Trinajstić information content (AvgIpc) is 3.07. The van der Waals surface area contributed by atoms with E-state index in [1.165, 1.54) is 4.90 Å². The van der Waals surface area contributed by atoms with E-state index in [9.17, 15) is 32.3 Å². The normalized spacial score (nSPS) is 12.6. The zero-order chi connectivity index (χ0) is 39.2. The number of rotatable bonds is 15. The molecule has 3 rings (SSSR count). The molecule has 0 heterocycles. The van der Waals surface area contributed by atoms with Crippen LogP contribution in [0.15, 0.2) is 71.7 Å². The standard InChI is InChI=1S/C32H41N9O4.C2HF3O2/c1-41(2)31(45)24(17-19-12-14-21(15-13-19)27(33)34)29(43)40-26(18-22-9-5-8-20-7-3-4-10-23(20)22)30(44)39-25(28(35)42)11-6-16-38-32(36)37;3-2(4,5)1(6)7/h3-5,7-10,12-15,24-26H,6,11,16-18H2,1-2H3,(H3,33,34)(H2,35,42)(H,39,44)(H,40,43)(H4,36,37,38);(H,6,7)/t24?,25-,26-;/m0./s1. The minimum absolute atomic E-state index is 0.0400.